The summed E-state index contributed by atoms with van der Waals surface area (Å²) in [6.45, 7) is 1.60. The molecule has 2 rings (SSSR count). The summed E-state index contributed by atoms with van der Waals surface area (Å²) in [6.07, 6.45) is 0. The van der Waals surface area contributed by atoms with Gasteiger partial charge in [-0.25, -0.2) is 8.78 Å². The van der Waals surface area contributed by atoms with Gasteiger partial charge in [-0.2, -0.15) is 0 Å². The number of nitrogens with zero attached hydrogens (tertiary/aromatic N) is 1. The monoisotopic (exact) mass is 253 g/mol. The number of halogens is 2. The molecule has 94 valence electrons. The van der Waals surface area contributed by atoms with Gasteiger partial charge in [-0.1, -0.05) is 5.16 Å². The van der Waals surface area contributed by atoms with Crippen LogP contribution < -0.4 is 11.1 Å². The maximum atomic E-state index is 13.4. The Morgan fingerprint density at radius 3 is 2.78 bits per heavy atom. The van der Waals surface area contributed by atoms with Crippen molar-refractivity contribution in [2.45, 2.75) is 6.92 Å². The van der Waals surface area contributed by atoms with E-state index < -0.39 is 23.2 Å². The van der Waals surface area contributed by atoms with Crippen molar-refractivity contribution in [3.05, 3.63) is 41.3 Å². The summed E-state index contributed by atoms with van der Waals surface area (Å²) < 4.78 is 31.1. The van der Waals surface area contributed by atoms with Crippen molar-refractivity contribution in [2.75, 3.05) is 11.1 Å². The molecule has 0 saturated heterocycles. The van der Waals surface area contributed by atoms with Crippen LogP contribution in [0.2, 0.25) is 0 Å². The molecule has 0 aliphatic rings. The highest BCUT2D eigenvalue weighted by Gasteiger charge is 2.17. The maximum Gasteiger partial charge on any atom is 0.277 e. The molecule has 2 aromatic rings. The number of aryl methyl sites for hydroxylation is 1. The molecule has 5 nitrogen and oxygen atoms in total. The van der Waals surface area contributed by atoms with Crippen molar-refractivity contribution in [2.24, 2.45) is 0 Å². The minimum atomic E-state index is -1.22. The molecule has 0 fully saturated rings. The van der Waals surface area contributed by atoms with E-state index in [1.54, 1.807) is 6.92 Å². The second kappa shape index (κ2) is 4.44. The van der Waals surface area contributed by atoms with Crippen molar-refractivity contribution in [1.82, 2.24) is 5.16 Å². The summed E-state index contributed by atoms with van der Waals surface area (Å²) in [5, 5.41) is 5.60. The Labute approximate surface area is 101 Å². The third-order valence-corrected chi connectivity index (χ3v) is 2.23. The average molecular weight is 253 g/mol. The number of nitrogens with one attached hydrogen (secondary N) is 1. The van der Waals surface area contributed by atoms with Crippen molar-refractivity contribution >= 4 is 17.3 Å². The third kappa shape index (κ3) is 2.15. The minimum absolute atomic E-state index is 0.0458. The Morgan fingerprint density at radius 2 is 2.17 bits per heavy atom. The lowest BCUT2D eigenvalue weighted by molar-refractivity contribution is 0.101. The van der Waals surface area contributed by atoms with Crippen LogP contribution in [0.1, 0.15) is 16.2 Å². The highest BCUT2D eigenvalue weighted by atomic mass is 19.2. The number of benzene rings is 1. The van der Waals surface area contributed by atoms with Gasteiger partial charge in [0.05, 0.1) is 5.69 Å². The first-order valence-corrected chi connectivity index (χ1v) is 4.97. The number of hydrogen-bond acceptors (Lipinski definition) is 4. The van der Waals surface area contributed by atoms with E-state index in [2.05, 4.69) is 10.5 Å². The van der Waals surface area contributed by atoms with Crippen LogP contribution in [0, 0.1) is 18.6 Å². The van der Waals surface area contributed by atoms with Gasteiger partial charge in [-0.3, -0.25) is 4.79 Å². The van der Waals surface area contributed by atoms with E-state index in [0.29, 0.717) is 5.76 Å². The number of carbonyl (C=O) groups excluding carboxylic acids is 1. The number of hydrogen-bond donors (Lipinski definition) is 2. The second-order valence-corrected chi connectivity index (χ2v) is 3.60. The van der Waals surface area contributed by atoms with Crippen LogP contribution in [0.3, 0.4) is 0 Å². The molecular formula is C11H9F2N3O2. The van der Waals surface area contributed by atoms with E-state index in [1.807, 2.05) is 0 Å². The number of amides is 1. The van der Waals surface area contributed by atoms with E-state index in [4.69, 9.17) is 10.3 Å². The molecule has 1 aromatic carbocycles. The van der Waals surface area contributed by atoms with Crippen molar-refractivity contribution in [1.29, 1.82) is 0 Å². The number of carbonyl (C=O) groups is 1. The summed E-state index contributed by atoms with van der Waals surface area (Å²) in [7, 11) is 0. The summed E-state index contributed by atoms with van der Waals surface area (Å²) in [6, 6.07) is 3.39. The molecule has 0 unspecified atom stereocenters. The normalized spacial score (nSPS) is 10.4. The van der Waals surface area contributed by atoms with E-state index >= 15 is 0 Å². The quantitative estimate of drug-likeness (QED) is 0.803. The van der Waals surface area contributed by atoms with Gasteiger partial charge in [0.25, 0.3) is 5.91 Å². The van der Waals surface area contributed by atoms with Crippen LogP contribution in [0.5, 0.6) is 0 Å². The smallest absolute Gasteiger partial charge is 0.277 e. The molecule has 0 spiro atoms. The first-order chi connectivity index (χ1) is 8.49. The summed E-state index contributed by atoms with van der Waals surface area (Å²) in [4.78, 5) is 11.7. The number of nitrogens with two attached hydrogens (primary N) is 1. The van der Waals surface area contributed by atoms with E-state index in [1.165, 1.54) is 6.07 Å². The van der Waals surface area contributed by atoms with Gasteiger partial charge in [0.15, 0.2) is 17.3 Å². The zero-order valence-corrected chi connectivity index (χ0v) is 9.33. The molecule has 0 atom stereocenters. The molecule has 0 aliphatic heterocycles. The Morgan fingerprint density at radius 1 is 1.44 bits per heavy atom. The van der Waals surface area contributed by atoms with Gasteiger partial charge < -0.3 is 15.6 Å². The number of nitrogen functional groups attached to an aromatic ring is 1. The molecule has 7 heteroatoms. The number of aromatic nitrogens is 1. The lowest BCUT2D eigenvalue weighted by Gasteiger charge is -2.08. The molecule has 1 heterocycles. The van der Waals surface area contributed by atoms with Crippen LogP contribution in [-0.2, 0) is 0 Å². The fourth-order valence-corrected chi connectivity index (χ4v) is 1.34. The molecule has 3 N–H and O–H groups in total. The zero-order chi connectivity index (χ0) is 13.3. The molecule has 0 aliphatic carbocycles. The Hall–Kier alpha value is -2.44. The van der Waals surface area contributed by atoms with Crippen LogP contribution in [-0.4, -0.2) is 11.1 Å². The van der Waals surface area contributed by atoms with Crippen molar-refractivity contribution in [3.63, 3.8) is 0 Å². The topological polar surface area (TPSA) is 81.2 Å². The molecular weight excluding hydrogens is 244 g/mol. The van der Waals surface area contributed by atoms with Gasteiger partial charge >= 0.3 is 0 Å². The molecule has 0 saturated carbocycles. The minimum Gasteiger partial charge on any atom is -0.397 e. The van der Waals surface area contributed by atoms with E-state index in [-0.39, 0.29) is 11.4 Å². The lowest BCUT2D eigenvalue weighted by Crippen LogP contribution is -2.15. The SMILES string of the molecule is Cc1cc(C(=O)Nc2c(N)ccc(F)c2F)no1. The van der Waals surface area contributed by atoms with Gasteiger partial charge in [-0.05, 0) is 19.1 Å². The standard InChI is InChI=1S/C11H9F2N3O2/c1-5-4-8(16-18-5)11(17)15-10-7(14)3-2-6(12)9(10)13/h2-4H,14H2,1H3,(H,15,17). The van der Waals surface area contributed by atoms with Gasteiger partial charge in [0.2, 0.25) is 0 Å². The lowest BCUT2D eigenvalue weighted by atomic mass is 10.2. The molecule has 18 heavy (non-hydrogen) atoms. The van der Waals surface area contributed by atoms with E-state index in [0.717, 1.165) is 12.1 Å². The van der Waals surface area contributed by atoms with Crippen LogP contribution in [0.15, 0.2) is 22.7 Å². The molecule has 0 radical (unpaired) electrons. The van der Waals surface area contributed by atoms with Crippen molar-refractivity contribution < 1.29 is 18.1 Å². The largest absolute Gasteiger partial charge is 0.397 e. The highest BCUT2D eigenvalue weighted by Crippen LogP contribution is 2.25. The highest BCUT2D eigenvalue weighted by molar-refractivity contribution is 6.04. The van der Waals surface area contributed by atoms with Gasteiger partial charge in [-0.15, -0.1) is 0 Å². The molecule has 1 aromatic heterocycles. The Balaban J connectivity index is 2.30. The second-order valence-electron chi connectivity index (χ2n) is 3.60. The Kier molecular flexibility index (Phi) is 2.97. The summed E-state index contributed by atoms with van der Waals surface area (Å²) in [5.41, 5.74) is 4.91. The molecule has 1 amide bonds. The number of anilines is 2. The third-order valence-electron chi connectivity index (χ3n) is 2.23. The van der Waals surface area contributed by atoms with Crippen LogP contribution in [0.4, 0.5) is 20.2 Å². The summed E-state index contributed by atoms with van der Waals surface area (Å²) >= 11 is 0. The maximum absolute atomic E-state index is 13.4. The first-order valence-electron chi connectivity index (χ1n) is 4.97. The van der Waals surface area contributed by atoms with Crippen LogP contribution in [0.25, 0.3) is 0 Å². The first kappa shape index (κ1) is 12.0. The average Bonchev–Trinajstić information content (AvgIpc) is 2.76. The molecule has 0 bridgehead atoms. The predicted octanol–water partition coefficient (Wildman–Crippen LogP) is 2.10. The fourth-order valence-electron chi connectivity index (χ4n) is 1.34. The fraction of sp³-hybridized carbons (Fsp3) is 0.0909. The van der Waals surface area contributed by atoms with Crippen molar-refractivity contribution in [3.8, 4) is 0 Å². The number of rotatable bonds is 2. The predicted molar refractivity (Wildman–Crippen MR) is 60.0 cm³/mol. The van der Waals surface area contributed by atoms with Crippen LogP contribution >= 0.6 is 0 Å². The van der Waals surface area contributed by atoms with Gasteiger partial charge in [0.1, 0.15) is 11.4 Å². The van der Waals surface area contributed by atoms with E-state index in [9.17, 15) is 13.6 Å². The summed E-state index contributed by atoms with van der Waals surface area (Å²) in [5.74, 6) is -2.63. The Bertz CT molecular complexity index is 610. The zero-order valence-electron chi connectivity index (χ0n) is 9.33. The van der Waals surface area contributed by atoms with Gasteiger partial charge in [0, 0.05) is 6.07 Å².